The molecule has 0 bridgehead atoms. The Labute approximate surface area is 235 Å². The molecule has 1 aliphatic heterocycles. The van der Waals surface area contributed by atoms with Crippen molar-refractivity contribution in [3.8, 4) is 11.3 Å². The van der Waals surface area contributed by atoms with E-state index in [0.29, 0.717) is 46.8 Å². The number of halogens is 2. The smallest absolute Gasteiger partial charge is 0.411 e. The van der Waals surface area contributed by atoms with Gasteiger partial charge in [0.25, 0.3) is 0 Å². The lowest BCUT2D eigenvalue weighted by Crippen LogP contribution is -2.42. The van der Waals surface area contributed by atoms with Gasteiger partial charge in [0.15, 0.2) is 0 Å². The summed E-state index contributed by atoms with van der Waals surface area (Å²) in [6.07, 6.45) is -0.245. The summed E-state index contributed by atoms with van der Waals surface area (Å²) in [5.74, 6) is 0.550. The van der Waals surface area contributed by atoms with Crippen molar-refractivity contribution in [2.24, 2.45) is 0 Å². The Morgan fingerprint density at radius 2 is 1.90 bits per heavy atom. The number of amides is 2. The van der Waals surface area contributed by atoms with Crippen LogP contribution in [0.4, 0.5) is 15.3 Å². The van der Waals surface area contributed by atoms with Crippen LogP contribution in [0, 0.1) is 0 Å². The van der Waals surface area contributed by atoms with E-state index in [1.807, 2.05) is 48.5 Å². The first kappa shape index (κ1) is 26.6. The van der Waals surface area contributed by atoms with Gasteiger partial charge in [0, 0.05) is 35.7 Å². The Morgan fingerprint density at radius 1 is 1.13 bits per heavy atom. The molecule has 3 aromatic carbocycles. The summed E-state index contributed by atoms with van der Waals surface area (Å²) in [5.41, 5.74) is 3.77. The number of nitrogens with one attached hydrogen (secondary N) is 2. The second-order valence-corrected chi connectivity index (χ2v) is 9.91. The lowest BCUT2D eigenvalue weighted by molar-refractivity contribution is 0.00862. The summed E-state index contributed by atoms with van der Waals surface area (Å²) in [5, 5.41) is 3.56. The van der Waals surface area contributed by atoms with Gasteiger partial charge in [-0.05, 0) is 35.4 Å². The number of H-pyrrole nitrogens is 1. The second-order valence-electron chi connectivity index (χ2n) is 9.09. The van der Waals surface area contributed by atoms with E-state index < -0.39 is 18.2 Å². The molecule has 5 rings (SSSR count). The molecule has 0 aliphatic carbocycles. The number of nitrogens with zero attached hydrogens (tertiary/aromatic N) is 2. The van der Waals surface area contributed by atoms with Crippen molar-refractivity contribution in [3.63, 3.8) is 0 Å². The van der Waals surface area contributed by atoms with Crippen LogP contribution in [0.2, 0.25) is 10.2 Å². The third-order valence-electron chi connectivity index (χ3n) is 6.56. The van der Waals surface area contributed by atoms with Crippen molar-refractivity contribution in [2.75, 3.05) is 19.0 Å². The Kier molecular flexibility index (Phi) is 8.05. The fraction of sp³-hybridized carbons (Fsp3) is 0.207. The first-order chi connectivity index (χ1) is 18.9. The highest BCUT2D eigenvalue weighted by atomic mass is 35.5. The van der Waals surface area contributed by atoms with Crippen LogP contribution in [0.15, 0.2) is 78.9 Å². The van der Waals surface area contributed by atoms with E-state index in [4.69, 9.17) is 32.9 Å². The highest BCUT2D eigenvalue weighted by molar-refractivity contribution is 6.32. The molecule has 1 unspecified atom stereocenters. The molecule has 2 heterocycles. The number of hydrogen-bond acceptors (Lipinski definition) is 5. The minimum Gasteiger partial charge on any atom is -0.453 e. The zero-order valence-electron chi connectivity index (χ0n) is 21.1. The zero-order valence-corrected chi connectivity index (χ0v) is 22.6. The number of imidazole rings is 1. The number of hydrogen-bond donors (Lipinski definition) is 2. The molecule has 0 radical (unpaired) electrons. The van der Waals surface area contributed by atoms with Crippen molar-refractivity contribution >= 4 is 41.1 Å². The second kappa shape index (κ2) is 11.8. The first-order valence-electron chi connectivity index (χ1n) is 12.4. The van der Waals surface area contributed by atoms with Gasteiger partial charge < -0.3 is 14.5 Å². The molecule has 10 heteroatoms. The van der Waals surface area contributed by atoms with E-state index in [0.717, 1.165) is 16.7 Å². The Hall–Kier alpha value is -4.01. The summed E-state index contributed by atoms with van der Waals surface area (Å²) in [7, 11) is 1.30. The molecule has 8 nitrogen and oxygen atoms in total. The molecule has 1 saturated heterocycles. The molecule has 1 fully saturated rings. The molecule has 2 atom stereocenters. The van der Waals surface area contributed by atoms with Crippen LogP contribution in [-0.2, 0) is 15.9 Å². The number of methoxy groups -OCH3 is 1. The minimum absolute atomic E-state index is 0.346. The van der Waals surface area contributed by atoms with Gasteiger partial charge in [-0.25, -0.2) is 14.6 Å². The molecule has 39 heavy (non-hydrogen) atoms. The highest BCUT2D eigenvalue weighted by Gasteiger charge is 2.35. The maximum Gasteiger partial charge on any atom is 0.411 e. The predicted octanol–water partition coefficient (Wildman–Crippen LogP) is 7.43. The van der Waals surface area contributed by atoms with Crippen molar-refractivity contribution in [1.82, 2.24) is 14.9 Å². The van der Waals surface area contributed by atoms with Gasteiger partial charge in [-0.15, -0.1) is 0 Å². The topological polar surface area (TPSA) is 96.5 Å². The van der Waals surface area contributed by atoms with Crippen LogP contribution in [-0.4, -0.2) is 40.7 Å². The van der Waals surface area contributed by atoms with Crippen LogP contribution in [0.5, 0.6) is 0 Å². The number of ether oxygens (including phenoxy) is 2. The van der Waals surface area contributed by atoms with E-state index in [9.17, 15) is 9.59 Å². The number of rotatable bonds is 7. The van der Waals surface area contributed by atoms with E-state index >= 15 is 0 Å². The largest absolute Gasteiger partial charge is 0.453 e. The molecule has 200 valence electrons. The summed E-state index contributed by atoms with van der Waals surface area (Å²) in [4.78, 5) is 34.5. The monoisotopic (exact) mass is 564 g/mol. The van der Waals surface area contributed by atoms with Crippen LogP contribution in [0.3, 0.4) is 0 Å². The van der Waals surface area contributed by atoms with Gasteiger partial charge in [0.05, 0.1) is 13.2 Å². The number of aromatic amines is 1. The number of anilines is 1. The first-order valence-corrected chi connectivity index (χ1v) is 13.1. The Balaban J connectivity index is 1.41. The maximum atomic E-state index is 13.3. The molecule has 2 N–H and O–H groups in total. The van der Waals surface area contributed by atoms with Crippen LogP contribution >= 0.6 is 23.2 Å². The third-order valence-corrected chi connectivity index (χ3v) is 7.07. The fourth-order valence-electron chi connectivity index (χ4n) is 4.61. The molecule has 1 aliphatic rings. The van der Waals surface area contributed by atoms with Crippen molar-refractivity contribution < 1.29 is 19.1 Å². The number of carbonyl (C=O) groups excluding carboxylic acids is 2. The number of carbonyl (C=O) groups is 2. The third kappa shape index (κ3) is 6.19. The van der Waals surface area contributed by atoms with Gasteiger partial charge >= 0.3 is 12.2 Å². The number of cyclic esters (lactones) is 1. The number of aromatic nitrogens is 2. The van der Waals surface area contributed by atoms with Crippen LogP contribution in [0.25, 0.3) is 11.3 Å². The van der Waals surface area contributed by atoms with Gasteiger partial charge in [-0.1, -0.05) is 77.8 Å². The van der Waals surface area contributed by atoms with Gasteiger partial charge in [0.2, 0.25) is 0 Å². The van der Waals surface area contributed by atoms with E-state index in [1.165, 1.54) is 7.11 Å². The molecular formula is C29H26Cl2N4O4. The van der Waals surface area contributed by atoms with Gasteiger partial charge in [-0.2, -0.15) is 0 Å². The van der Waals surface area contributed by atoms with Gasteiger partial charge in [0.1, 0.15) is 22.8 Å². The minimum atomic E-state index is -0.558. The quantitative estimate of drug-likeness (QED) is 0.243. The lowest BCUT2D eigenvalue weighted by Gasteiger charge is -2.36. The Morgan fingerprint density at radius 3 is 2.59 bits per heavy atom. The summed E-state index contributed by atoms with van der Waals surface area (Å²) in [6.45, 7) is 0.467. The Bertz CT molecular complexity index is 1460. The van der Waals surface area contributed by atoms with Crippen molar-refractivity contribution in [2.45, 2.75) is 25.0 Å². The summed E-state index contributed by atoms with van der Waals surface area (Å²) < 4.78 is 10.5. The van der Waals surface area contributed by atoms with Crippen LogP contribution in [0.1, 0.15) is 35.5 Å². The molecule has 4 aromatic rings. The number of benzene rings is 3. The maximum absolute atomic E-state index is 13.3. The average Bonchev–Trinajstić information content (AvgIpc) is 3.34. The molecule has 1 aromatic heterocycles. The lowest BCUT2D eigenvalue weighted by atomic mass is 10.0. The van der Waals surface area contributed by atoms with E-state index in [1.54, 1.807) is 35.2 Å². The molecule has 0 saturated carbocycles. The highest BCUT2D eigenvalue weighted by Crippen LogP contribution is 2.36. The standard InChI is InChI=1S/C29H26Cl2N4O4/c1-38-28(36)32-22-12-10-19(11-13-22)25-26(31)34-27(33-25)23(16-18-6-3-2-4-7-18)35-15-14-24(39-29(35)37)20-8-5-9-21(30)17-20/h2-13,17,23-24H,14-16H2,1H3,(H,32,36)(H,33,34)/t23-,24?/m0/s1. The molecular weight excluding hydrogens is 539 g/mol. The zero-order chi connectivity index (χ0) is 27.4. The van der Waals surface area contributed by atoms with Gasteiger partial charge in [-0.3, -0.25) is 10.2 Å². The normalized spacial score (nSPS) is 15.9. The van der Waals surface area contributed by atoms with E-state index in [-0.39, 0.29) is 6.10 Å². The SMILES string of the molecule is COC(=O)Nc1ccc(-c2nc([C@H](Cc3ccccc3)N3CCC(c4cccc(Cl)c4)OC3=O)[nH]c2Cl)cc1. The summed E-state index contributed by atoms with van der Waals surface area (Å²) in [6, 6.07) is 23.9. The molecule has 0 spiro atoms. The van der Waals surface area contributed by atoms with Crippen LogP contribution < -0.4 is 5.32 Å². The van der Waals surface area contributed by atoms with E-state index in [2.05, 4.69) is 15.0 Å². The van der Waals surface area contributed by atoms with Crippen molar-refractivity contribution in [1.29, 1.82) is 0 Å². The predicted molar refractivity (Wildman–Crippen MR) is 150 cm³/mol. The summed E-state index contributed by atoms with van der Waals surface area (Å²) >= 11 is 12.8. The fourth-order valence-corrected chi connectivity index (χ4v) is 5.06. The molecule has 2 amide bonds. The average molecular weight is 565 g/mol. The van der Waals surface area contributed by atoms with Crippen molar-refractivity contribution in [3.05, 3.63) is 106 Å².